The van der Waals surface area contributed by atoms with Gasteiger partial charge in [0.15, 0.2) is 0 Å². The maximum Gasteiger partial charge on any atom is 0.233 e. The van der Waals surface area contributed by atoms with Crippen molar-refractivity contribution in [3.05, 3.63) is 11.3 Å². The van der Waals surface area contributed by atoms with Crippen molar-refractivity contribution in [2.24, 2.45) is 15.8 Å². The minimum absolute atomic E-state index is 0.0506. The van der Waals surface area contributed by atoms with Crippen molar-refractivity contribution in [3.63, 3.8) is 0 Å². The molecule has 2 atom stereocenters. The van der Waals surface area contributed by atoms with Gasteiger partial charge in [0.2, 0.25) is 10.0 Å². The summed E-state index contributed by atoms with van der Waals surface area (Å²) in [6.07, 6.45) is 1.54. The van der Waals surface area contributed by atoms with Crippen LogP contribution in [0, 0.1) is 10.8 Å². The lowest BCUT2D eigenvalue weighted by Gasteiger charge is -2.41. The molecular formula is C17H31N3O3S. The summed E-state index contributed by atoms with van der Waals surface area (Å²) in [5.74, 6) is 0.961. The summed E-state index contributed by atoms with van der Waals surface area (Å²) in [5.41, 5.74) is 2.12. The summed E-state index contributed by atoms with van der Waals surface area (Å²) in [7, 11) is -3.65. The van der Waals surface area contributed by atoms with Crippen LogP contribution < -0.4 is 0 Å². The van der Waals surface area contributed by atoms with E-state index in [-0.39, 0.29) is 16.9 Å². The maximum atomic E-state index is 11.8. The second-order valence-corrected chi connectivity index (χ2v) is 10.8. The Kier molecular flexibility index (Phi) is 4.70. The molecule has 1 saturated heterocycles. The van der Waals surface area contributed by atoms with E-state index in [4.69, 9.17) is 4.99 Å². The zero-order valence-corrected chi connectivity index (χ0v) is 16.9. The Hall–Kier alpha value is -0.920. The molecule has 0 unspecified atom stereocenters. The Bertz CT molecular complexity index is 681. The van der Waals surface area contributed by atoms with Crippen LogP contribution in [-0.2, 0) is 10.0 Å². The van der Waals surface area contributed by atoms with E-state index in [0.717, 1.165) is 17.8 Å². The molecule has 24 heavy (non-hydrogen) atoms. The average Bonchev–Trinajstić information content (AvgIpc) is 2.76. The van der Waals surface area contributed by atoms with Crippen LogP contribution >= 0.6 is 0 Å². The van der Waals surface area contributed by atoms with E-state index in [0.29, 0.717) is 17.4 Å². The third kappa shape index (κ3) is 3.53. The van der Waals surface area contributed by atoms with Crippen molar-refractivity contribution in [2.45, 2.75) is 67.0 Å². The van der Waals surface area contributed by atoms with E-state index >= 15 is 0 Å². The van der Waals surface area contributed by atoms with Crippen molar-refractivity contribution < 1.29 is 13.6 Å². The molecule has 6 nitrogen and oxygen atoms in total. The largest absolute Gasteiger partial charge is 0.332 e. The summed E-state index contributed by atoms with van der Waals surface area (Å²) in [6.45, 7) is 15.3. The lowest BCUT2D eigenvalue weighted by Crippen LogP contribution is -2.45. The highest BCUT2D eigenvalue weighted by Gasteiger charge is 2.45. The molecule has 0 aliphatic carbocycles. The predicted octanol–water partition coefficient (Wildman–Crippen LogP) is 2.86. The second kappa shape index (κ2) is 5.81. The first-order valence-corrected chi connectivity index (χ1v) is 10.3. The van der Waals surface area contributed by atoms with Crippen molar-refractivity contribution in [3.8, 4) is 0 Å². The minimum Gasteiger partial charge on any atom is -0.332 e. The number of hydrogen-bond donors (Lipinski definition) is 1. The molecule has 2 aliphatic rings. The normalized spacial score (nSPS) is 26.1. The monoisotopic (exact) mass is 357 g/mol. The van der Waals surface area contributed by atoms with Gasteiger partial charge in [-0.05, 0) is 17.9 Å². The fourth-order valence-electron chi connectivity index (χ4n) is 3.82. The van der Waals surface area contributed by atoms with Gasteiger partial charge >= 0.3 is 0 Å². The molecule has 0 spiro atoms. The van der Waals surface area contributed by atoms with E-state index in [1.54, 1.807) is 0 Å². The number of aliphatic imine (C=N–C) groups is 1. The number of fused-ring (bicyclic) bond motifs is 1. The molecule has 0 aromatic rings. The number of hydroxylamine groups is 1. The molecule has 1 N–H and O–H groups in total. The van der Waals surface area contributed by atoms with Crippen LogP contribution in [0.2, 0.25) is 0 Å². The van der Waals surface area contributed by atoms with E-state index in [1.165, 1.54) is 5.57 Å². The summed E-state index contributed by atoms with van der Waals surface area (Å²) in [6, 6.07) is -0.431. The fourth-order valence-corrected chi connectivity index (χ4v) is 4.51. The molecular weight excluding hydrogens is 326 g/mol. The SMILES string of the molecule is C[C@@H]1N=C(C(C)(C)C)N2C[C@@H](N(O)S(C)(=O)=O)CC2=C1C(C)(C)C. The van der Waals surface area contributed by atoms with Crippen LogP contribution in [-0.4, -0.2) is 53.7 Å². The summed E-state index contributed by atoms with van der Waals surface area (Å²) < 4.78 is 24.0. The number of sulfonamides is 1. The first-order chi connectivity index (χ1) is 10.6. The van der Waals surface area contributed by atoms with Crippen LogP contribution in [0.15, 0.2) is 16.3 Å². The molecule has 138 valence electrons. The van der Waals surface area contributed by atoms with Crippen LogP contribution in [0.1, 0.15) is 54.9 Å². The predicted molar refractivity (Wildman–Crippen MR) is 96.4 cm³/mol. The Morgan fingerprint density at radius 3 is 2.12 bits per heavy atom. The van der Waals surface area contributed by atoms with Crippen LogP contribution in [0.25, 0.3) is 0 Å². The number of hydrogen-bond acceptors (Lipinski definition) is 5. The summed E-state index contributed by atoms with van der Waals surface area (Å²) in [4.78, 5) is 7.06. The smallest absolute Gasteiger partial charge is 0.233 e. The van der Waals surface area contributed by atoms with Gasteiger partial charge < -0.3 is 4.90 Å². The number of rotatable bonds is 2. The van der Waals surface area contributed by atoms with Gasteiger partial charge in [-0.15, -0.1) is 0 Å². The lowest BCUT2D eigenvalue weighted by atomic mass is 9.79. The Morgan fingerprint density at radius 2 is 1.71 bits per heavy atom. The quantitative estimate of drug-likeness (QED) is 0.771. The van der Waals surface area contributed by atoms with Gasteiger partial charge in [-0.2, -0.15) is 0 Å². The highest BCUT2D eigenvalue weighted by molar-refractivity contribution is 7.88. The van der Waals surface area contributed by atoms with E-state index in [2.05, 4.69) is 53.4 Å². The van der Waals surface area contributed by atoms with Gasteiger partial charge in [0.1, 0.15) is 5.84 Å². The van der Waals surface area contributed by atoms with Crippen LogP contribution in [0.3, 0.4) is 0 Å². The van der Waals surface area contributed by atoms with Gasteiger partial charge in [-0.3, -0.25) is 10.2 Å². The zero-order chi connectivity index (χ0) is 18.7. The summed E-state index contributed by atoms with van der Waals surface area (Å²) in [5, 5.41) is 10.1. The highest BCUT2D eigenvalue weighted by atomic mass is 32.2. The Labute approximate surface area is 146 Å². The standard InChI is InChI=1S/C17H31N3O3S/c1-11-14(16(2,3)4)13-9-12(20(21)24(8,22)23)10-19(13)15(18-11)17(5,6)7/h11-12,21H,9-10H2,1-8H3/t11-,12-/m0/s1. The van der Waals surface area contributed by atoms with Gasteiger partial charge in [-0.1, -0.05) is 46.0 Å². The minimum atomic E-state index is -3.65. The van der Waals surface area contributed by atoms with Crippen molar-refractivity contribution in [2.75, 3.05) is 12.8 Å². The molecule has 2 heterocycles. The zero-order valence-electron chi connectivity index (χ0n) is 16.1. The molecule has 0 aromatic carbocycles. The average molecular weight is 358 g/mol. The van der Waals surface area contributed by atoms with Crippen molar-refractivity contribution in [1.82, 2.24) is 9.37 Å². The van der Waals surface area contributed by atoms with Gasteiger partial charge in [0.05, 0.1) is 18.3 Å². The van der Waals surface area contributed by atoms with Crippen molar-refractivity contribution >= 4 is 15.9 Å². The number of amidine groups is 1. The number of nitrogens with zero attached hydrogens (tertiary/aromatic N) is 3. The van der Waals surface area contributed by atoms with E-state index in [1.807, 2.05) is 0 Å². The van der Waals surface area contributed by atoms with E-state index < -0.39 is 16.1 Å². The van der Waals surface area contributed by atoms with Crippen LogP contribution in [0.5, 0.6) is 0 Å². The molecule has 2 rings (SSSR count). The first kappa shape index (κ1) is 19.4. The summed E-state index contributed by atoms with van der Waals surface area (Å²) >= 11 is 0. The van der Waals surface area contributed by atoms with E-state index in [9.17, 15) is 13.6 Å². The molecule has 0 saturated carbocycles. The Balaban J connectivity index is 2.54. The molecule has 0 amide bonds. The molecule has 0 radical (unpaired) electrons. The molecule has 2 aliphatic heterocycles. The van der Waals surface area contributed by atoms with Gasteiger partial charge in [0, 0.05) is 24.1 Å². The molecule has 0 aromatic heterocycles. The molecule has 1 fully saturated rings. The van der Waals surface area contributed by atoms with Gasteiger partial charge in [0.25, 0.3) is 0 Å². The second-order valence-electron chi connectivity index (χ2n) is 8.99. The first-order valence-electron chi connectivity index (χ1n) is 8.41. The van der Waals surface area contributed by atoms with Crippen LogP contribution in [0.4, 0.5) is 0 Å². The van der Waals surface area contributed by atoms with Gasteiger partial charge in [-0.25, -0.2) is 8.42 Å². The third-order valence-electron chi connectivity index (χ3n) is 4.58. The topological polar surface area (TPSA) is 73.2 Å². The lowest BCUT2D eigenvalue weighted by molar-refractivity contribution is -0.0299. The maximum absolute atomic E-state index is 11.8. The molecule has 7 heteroatoms. The molecule has 0 bridgehead atoms. The highest BCUT2D eigenvalue weighted by Crippen LogP contribution is 2.43. The third-order valence-corrected chi connectivity index (χ3v) is 5.56. The van der Waals surface area contributed by atoms with Crippen molar-refractivity contribution in [1.29, 1.82) is 0 Å². The fraction of sp³-hybridized carbons (Fsp3) is 0.824. The Morgan fingerprint density at radius 1 is 1.17 bits per heavy atom.